The van der Waals surface area contributed by atoms with Gasteiger partial charge in [-0.25, -0.2) is 14.3 Å². The van der Waals surface area contributed by atoms with Crippen molar-refractivity contribution in [2.45, 2.75) is 38.8 Å². The summed E-state index contributed by atoms with van der Waals surface area (Å²) in [6, 6.07) is 2.50. The number of nitrogens with zero attached hydrogens (tertiary/aromatic N) is 4. The van der Waals surface area contributed by atoms with Crippen LogP contribution in [0.2, 0.25) is 0 Å². The first-order valence-corrected chi connectivity index (χ1v) is 6.44. The van der Waals surface area contributed by atoms with Gasteiger partial charge in [0.1, 0.15) is 18.6 Å². The fourth-order valence-corrected chi connectivity index (χ4v) is 2.20. The van der Waals surface area contributed by atoms with E-state index in [4.69, 9.17) is 4.74 Å². The molecule has 1 aliphatic rings. The first kappa shape index (κ1) is 12.0. The molecule has 6 nitrogen and oxygen atoms in total. The Morgan fingerprint density at radius 2 is 2.37 bits per heavy atom. The van der Waals surface area contributed by atoms with Crippen molar-refractivity contribution in [3.05, 3.63) is 36.2 Å². The number of hydrogen-bond donors (Lipinski definition) is 0. The molecule has 2 heterocycles. The normalized spacial score (nSPS) is 15.2. The summed E-state index contributed by atoms with van der Waals surface area (Å²) >= 11 is 0. The summed E-state index contributed by atoms with van der Waals surface area (Å²) in [5.41, 5.74) is 1.91. The minimum Gasteiger partial charge on any atom is -0.442 e. The van der Waals surface area contributed by atoms with Gasteiger partial charge < -0.3 is 4.74 Å². The highest BCUT2D eigenvalue weighted by Gasteiger charge is 2.22. The Morgan fingerprint density at radius 3 is 3.00 bits per heavy atom. The first-order chi connectivity index (χ1) is 9.24. The molecule has 1 aliphatic carbocycles. The van der Waals surface area contributed by atoms with Gasteiger partial charge in [-0.3, -0.25) is 4.68 Å². The van der Waals surface area contributed by atoms with Crippen LogP contribution in [-0.2, 0) is 11.3 Å². The van der Waals surface area contributed by atoms with Crippen LogP contribution in [0.15, 0.2) is 24.8 Å². The Labute approximate surface area is 111 Å². The van der Waals surface area contributed by atoms with Crippen LogP contribution in [0.25, 0.3) is 0 Å². The van der Waals surface area contributed by atoms with E-state index in [-0.39, 0.29) is 6.61 Å². The van der Waals surface area contributed by atoms with Gasteiger partial charge in [0, 0.05) is 18.1 Å². The van der Waals surface area contributed by atoms with Crippen molar-refractivity contribution in [3.8, 4) is 0 Å². The highest BCUT2D eigenvalue weighted by Crippen LogP contribution is 2.32. The van der Waals surface area contributed by atoms with Crippen molar-refractivity contribution in [1.82, 2.24) is 19.3 Å². The van der Waals surface area contributed by atoms with Gasteiger partial charge in [0.05, 0.1) is 6.04 Å². The van der Waals surface area contributed by atoms with E-state index >= 15 is 0 Å². The Balaban J connectivity index is 1.62. The molecule has 0 aliphatic heterocycles. The topological polar surface area (TPSA) is 61.9 Å². The average Bonchev–Trinajstić information content (AvgIpc) is 2.95. The summed E-state index contributed by atoms with van der Waals surface area (Å²) < 4.78 is 8.53. The zero-order valence-corrected chi connectivity index (χ0v) is 10.8. The van der Waals surface area contributed by atoms with Gasteiger partial charge in [0.2, 0.25) is 0 Å². The van der Waals surface area contributed by atoms with Gasteiger partial charge in [0.25, 0.3) is 0 Å². The third-order valence-electron chi connectivity index (χ3n) is 3.45. The summed E-state index contributed by atoms with van der Waals surface area (Å²) in [5.74, 6) is 0. The molecule has 2 aromatic heterocycles. The van der Waals surface area contributed by atoms with E-state index in [9.17, 15) is 4.79 Å². The fourth-order valence-electron chi connectivity index (χ4n) is 2.20. The number of ether oxygens (including phenoxy) is 1. The van der Waals surface area contributed by atoms with Crippen LogP contribution < -0.4 is 0 Å². The van der Waals surface area contributed by atoms with Crippen LogP contribution in [0, 0.1) is 6.92 Å². The summed E-state index contributed by atoms with van der Waals surface area (Å²) in [6.07, 6.45) is 7.73. The number of hydrogen-bond acceptors (Lipinski definition) is 4. The number of aryl methyl sites for hydroxylation is 1. The highest BCUT2D eigenvalue weighted by atomic mass is 16.5. The second-order valence-electron chi connectivity index (χ2n) is 4.83. The number of aromatic nitrogens is 4. The second kappa shape index (κ2) is 4.87. The van der Waals surface area contributed by atoms with E-state index in [1.807, 2.05) is 17.7 Å². The zero-order chi connectivity index (χ0) is 13.2. The van der Waals surface area contributed by atoms with Gasteiger partial charge in [-0.05, 0) is 32.3 Å². The average molecular weight is 260 g/mol. The third-order valence-corrected chi connectivity index (χ3v) is 3.45. The molecule has 6 heteroatoms. The third kappa shape index (κ3) is 2.38. The number of imidazole rings is 1. The molecular formula is C13H16N4O2. The maximum Gasteiger partial charge on any atom is 0.419 e. The monoisotopic (exact) mass is 260 g/mol. The Kier molecular flexibility index (Phi) is 3.06. The molecule has 0 amide bonds. The minimum atomic E-state index is -0.437. The number of rotatable bonds is 3. The minimum absolute atomic E-state index is 0.192. The largest absolute Gasteiger partial charge is 0.442 e. The Bertz CT molecular complexity index is 569. The van der Waals surface area contributed by atoms with Crippen molar-refractivity contribution in [2.24, 2.45) is 0 Å². The van der Waals surface area contributed by atoms with E-state index in [2.05, 4.69) is 10.1 Å². The van der Waals surface area contributed by atoms with Gasteiger partial charge in [-0.1, -0.05) is 0 Å². The van der Waals surface area contributed by atoms with Crippen LogP contribution in [0.5, 0.6) is 0 Å². The van der Waals surface area contributed by atoms with Crippen LogP contribution in [0.1, 0.15) is 36.7 Å². The molecule has 0 saturated heterocycles. The van der Waals surface area contributed by atoms with E-state index in [0.717, 1.165) is 11.4 Å². The molecule has 0 N–H and O–H groups in total. The van der Waals surface area contributed by atoms with Gasteiger partial charge in [-0.2, -0.15) is 5.10 Å². The van der Waals surface area contributed by atoms with Crippen molar-refractivity contribution in [2.75, 3.05) is 0 Å². The van der Waals surface area contributed by atoms with Crippen molar-refractivity contribution < 1.29 is 9.53 Å². The molecular weight excluding hydrogens is 244 g/mol. The first-order valence-electron chi connectivity index (χ1n) is 6.44. The molecule has 1 fully saturated rings. The lowest BCUT2D eigenvalue weighted by molar-refractivity contribution is 0.139. The van der Waals surface area contributed by atoms with Crippen LogP contribution in [-0.4, -0.2) is 25.4 Å². The molecule has 0 aromatic carbocycles. The molecule has 0 radical (unpaired) electrons. The predicted molar refractivity (Wildman–Crippen MR) is 67.7 cm³/mol. The van der Waals surface area contributed by atoms with E-state index < -0.39 is 6.09 Å². The lowest BCUT2D eigenvalue weighted by Gasteiger charge is -2.26. The Hall–Kier alpha value is -2.11. The molecule has 19 heavy (non-hydrogen) atoms. The summed E-state index contributed by atoms with van der Waals surface area (Å²) in [4.78, 5) is 15.4. The highest BCUT2D eigenvalue weighted by molar-refractivity contribution is 5.69. The molecule has 3 rings (SSSR count). The van der Waals surface area contributed by atoms with Crippen LogP contribution >= 0.6 is 0 Å². The molecule has 0 spiro atoms. The predicted octanol–water partition coefficient (Wildman–Crippen LogP) is 2.30. The van der Waals surface area contributed by atoms with Crippen LogP contribution in [0.3, 0.4) is 0 Å². The molecule has 1 saturated carbocycles. The van der Waals surface area contributed by atoms with Crippen LogP contribution in [0.4, 0.5) is 4.79 Å². The van der Waals surface area contributed by atoms with Gasteiger partial charge in [-0.15, -0.1) is 0 Å². The maximum atomic E-state index is 11.6. The van der Waals surface area contributed by atoms with Crippen molar-refractivity contribution in [3.63, 3.8) is 0 Å². The quantitative estimate of drug-likeness (QED) is 0.849. The SMILES string of the molecule is Cc1cc(COC(=O)n2ccnc2)nn1C1CCC1. The smallest absolute Gasteiger partial charge is 0.419 e. The van der Waals surface area contributed by atoms with Gasteiger partial charge >= 0.3 is 6.09 Å². The molecule has 100 valence electrons. The van der Waals surface area contributed by atoms with E-state index in [0.29, 0.717) is 6.04 Å². The number of carbonyl (C=O) groups excluding carboxylic acids is 1. The van der Waals surface area contributed by atoms with Crippen molar-refractivity contribution >= 4 is 6.09 Å². The number of carbonyl (C=O) groups is 1. The van der Waals surface area contributed by atoms with Gasteiger partial charge in [0.15, 0.2) is 0 Å². The fraction of sp³-hybridized carbons (Fsp3) is 0.462. The molecule has 0 unspecified atom stereocenters. The van der Waals surface area contributed by atoms with E-state index in [1.165, 1.54) is 36.4 Å². The molecule has 0 bridgehead atoms. The maximum absolute atomic E-state index is 11.6. The van der Waals surface area contributed by atoms with Crippen molar-refractivity contribution in [1.29, 1.82) is 0 Å². The lowest BCUT2D eigenvalue weighted by atomic mass is 9.93. The standard InChI is InChI=1S/C13H16N4O2/c1-10-7-11(15-17(10)12-3-2-4-12)8-19-13(18)16-6-5-14-9-16/h5-7,9,12H,2-4,8H2,1H3. The Morgan fingerprint density at radius 1 is 1.53 bits per heavy atom. The second-order valence-corrected chi connectivity index (χ2v) is 4.83. The zero-order valence-electron chi connectivity index (χ0n) is 10.8. The molecule has 0 atom stereocenters. The molecule has 2 aromatic rings. The summed E-state index contributed by atoms with van der Waals surface area (Å²) in [7, 11) is 0. The summed E-state index contributed by atoms with van der Waals surface area (Å²) in [5, 5.41) is 4.50. The van der Waals surface area contributed by atoms with E-state index in [1.54, 1.807) is 6.20 Å². The summed E-state index contributed by atoms with van der Waals surface area (Å²) in [6.45, 7) is 2.23. The lowest BCUT2D eigenvalue weighted by Crippen LogP contribution is -2.19.